The number of para-hydroxylation sites is 1. The van der Waals surface area contributed by atoms with E-state index >= 15 is 0 Å². The first-order valence-electron chi connectivity index (χ1n) is 10.9. The van der Waals surface area contributed by atoms with Gasteiger partial charge in [0.2, 0.25) is 5.78 Å². The molecule has 0 aliphatic carbocycles. The van der Waals surface area contributed by atoms with E-state index in [1.165, 1.54) is 10.5 Å². The molecule has 33 heavy (non-hydrogen) atoms. The summed E-state index contributed by atoms with van der Waals surface area (Å²) in [6.07, 6.45) is 1.22. The molecule has 10 heteroatoms. The van der Waals surface area contributed by atoms with Crippen LogP contribution in [0.25, 0.3) is 10.9 Å². The molecular formula is C23H28N4O5S. The third-order valence-corrected chi connectivity index (χ3v) is 8.05. The number of carbonyl (C=O) groups excluding carboxylic acids is 2. The predicted octanol–water partition coefficient (Wildman–Crippen LogP) is 2.73. The Kier molecular flexibility index (Phi) is 6.15. The number of aryl methyl sites for hydroxylation is 3. The number of rotatable bonds is 6. The van der Waals surface area contributed by atoms with Gasteiger partial charge >= 0.3 is 5.97 Å². The molecule has 0 amide bonds. The summed E-state index contributed by atoms with van der Waals surface area (Å²) < 4.78 is 34.2. The van der Waals surface area contributed by atoms with E-state index in [2.05, 4.69) is 9.97 Å². The van der Waals surface area contributed by atoms with Gasteiger partial charge in [-0.2, -0.15) is 4.31 Å². The van der Waals surface area contributed by atoms with Crippen LogP contribution in [0.1, 0.15) is 41.6 Å². The van der Waals surface area contributed by atoms with E-state index in [1.807, 2.05) is 31.2 Å². The number of imidazole rings is 1. The number of carbonyl (C=O) groups is 2. The highest BCUT2D eigenvalue weighted by Gasteiger charge is 2.35. The number of ether oxygens (including phenoxy) is 1. The Morgan fingerprint density at radius 3 is 2.48 bits per heavy atom. The second-order valence-electron chi connectivity index (χ2n) is 8.53. The average Bonchev–Trinajstić information content (AvgIpc) is 3.31. The number of aromatic amines is 1. The minimum atomic E-state index is -3.71. The number of Topliss-reactive ketones (excluding diaryl/α,β-unsaturated/α-hetero) is 1. The molecule has 0 spiro atoms. The molecule has 1 unspecified atom stereocenters. The van der Waals surface area contributed by atoms with E-state index in [0.29, 0.717) is 24.2 Å². The number of nitrogens with zero attached hydrogens (tertiary/aromatic N) is 3. The van der Waals surface area contributed by atoms with Crippen LogP contribution in [-0.2, 0) is 26.6 Å². The smallest absolute Gasteiger partial charge is 0.309 e. The predicted molar refractivity (Wildman–Crippen MR) is 122 cm³/mol. The maximum absolute atomic E-state index is 13.0. The van der Waals surface area contributed by atoms with Crippen molar-refractivity contribution in [2.24, 2.45) is 13.0 Å². The van der Waals surface area contributed by atoms with Gasteiger partial charge < -0.3 is 14.3 Å². The Balaban J connectivity index is 1.39. The monoisotopic (exact) mass is 472 g/mol. The number of piperidine rings is 1. The number of benzene rings is 1. The van der Waals surface area contributed by atoms with Crippen LogP contribution in [0.2, 0.25) is 0 Å². The van der Waals surface area contributed by atoms with Crippen molar-refractivity contribution in [2.75, 3.05) is 13.1 Å². The second kappa shape index (κ2) is 8.75. The standard InChI is InChI=1S/C23H28N4O5S/c1-14-21(18-7-5-6-8-19(18)24-14)22(28)15(2)32-23(29)17-9-11-27(12-10-17)33(30,31)20-13-26(4)16(3)25-20/h5-8,13,15,17,24H,9-12H2,1-4H3. The van der Waals surface area contributed by atoms with Crippen LogP contribution >= 0.6 is 0 Å². The molecule has 0 saturated carbocycles. The number of H-pyrrole nitrogens is 1. The fourth-order valence-electron chi connectivity index (χ4n) is 4.24. The van der Waals surface area contributed by atoms with Crippen LogP contribution in [0.3, 0.4) is 0 Å². The molecule has 176 valence electrons. The molecule has 0 bridgehead atoms. The summed E-state index contributed by atoms with van der Waals surface area (Å²) in [6, 6.07) is 7.50. The molecule has 1 aliphatic heterocycles. The molecule has 3 aromatic rings. The van der Waals surface area contributed by atoms with Crippen molar-refractivity contribution >= 4 is 32.7 Å². The molecule has 1 N–H and O–H groups in total. The van der Waals surface area contributed by atoms with Crippen molar-refractivity contribution in [3.8, 4) is 0 Å². The normalized spacial score (nSPS) is 16.7. The van der Waals surface area contributed by atoms with Crippen molar-refractivity contribution in [1.29, 1.82) is 0 Å². The molecule has 9 nitrogen and oxygen atoms in total. The van der Waals surface area contributed by atoms with E-state index in [0.717, 1.165) is 16.6 Å². The number of hydrogen-bond acceptors (Lipinski definition) is 6. The number of esters is 1. The lowest BCUT2D eigenvalue weighted by atomic mass is 9.98. The summed E-state index contributed by atoms with van der Waals surface area (Å²) in [4.78, 5) is 33.1. The first kappa shape index (κ1) is 23.2. The molecule has 3 heterocycles. The number of nitrogens with one attached hydrogen (secondary N) is 1. The van der Waals surface area contributed by atoms with Crippen molar-refractivity contribution < 1.29 is 22.7 Å². The summed E-state index contributed by atoms with van der Waals surface area (Å²) in [5.41, 5.74) is 2.11. The zero-order valence-electron chi connectivity index (χ0n) is 19.2. The van der Waals surface area contributed by atoms with Crippen LogP contribution in [-0.4, -0.2) is 58.2 Å². The van der Waals surface area contributed by atoms with Crippen LogP contribution in [0.15, 0.2) is 35.5 Å². The SMILES string of the molecule is Cc1[nH]c2ccccc2c1C(=O)C(C)OC(=O)C1CCN(S(=O)(=O)c2cn(C)c(C)n2)CC1. The lowest BCUT2D eigenvalue weighted by Crippen LogP contribution is -2.41. The molecule has 1 aromatic carbocycles. The number of sulfonamides is 1. The lowest BCUT2D eigenvalue weighted by molar-refractivity contribution is -0.152. The first-order valence-corrected chi connectivity index (χ1v) is 12.4. The maximum Gasteiger partial charge on any atom is 0.309 e. The van der Waals surface area contributed by atoms with Gasteiger partial charge in [0.15, 0.2) is 11.1 Å². The third kappa shape index (κ3) is 4.32. The number of hydrogen-bond donors (Lipinski definition) is 1. The molecule has 0 radical (unpaired) electrons. The molecule has 2 aromatic heterocycles. The Labute approximate surface area is 192 Å². The van der Waals surface area contributed by atoms with Gasteiger partial charge in [-0.25, -0.2) is 13.4 Å². The second-order valence-corrected chi connectivity index (χ2v) is 10.4. The Hall–Kier alpha value is -2.98. The lowest BCUT2D eigenvalue weighted by Gasteiger charge is -2.30. The van der Waals surface area contributed by atoms with E-state index in [-0.39, 0.29) is 23.9 Å². The first-order chi connectivity index (χ1) is 15.6. The molecular weight excluding hydrogens is 444 g/mol. The minimum absolute atomic E-state index is 0.0110. The Morgan fingerprint density at radius 1 is 1.18 bits per heavy atom. The highest BCUT2D eigenvalue weighted by Crippen LogP contribution is 2.27. The zero-order valence-corrected chi connectivity index (χ0v) is 20.0. The van der Waals surface area contributed by atoms with Crippen LogP contribution in [0.4, 0.5) is 0 Å². The van der Waals surface area contributed by atoms with E-state index in [9.17, 15) is 18.0 Å². The molecule has 1 atom stereocenters. The fraction of sp³-hybridized carbons (Fsp3) is 0.435. The molecule has 1 fully saturated rings. The van der Waals surface area contributed by atoms with Crippen molar-refractivity contribution in [2.45, 2.75) is 44.7 Å². The summed E-state index contributed by atoms with van der Waals surface area (Å²) in [5, 5.41) is 0.808. The van der Waals surface area contributed by atoms with Crippen molar-refractivity contribution in [3.05, 3.63) is 47.5 Å². The maximum atomic E-state index is 13.0. The summed E-state index contributed by atoms with van der Waals surface area (Å²) >= 11 is 0. The zero-order chi connectivity index (χ0) is 23.9. The third-order valence-electron chi connectivity index (χ3n) is 6.28. The van der Waals surface area contributed by atoms with Gasteiger partial charge in [-0.15, -0.1) is 0 Å². The molecule has 1 aliphatic rings. The van der Waals surface area contributed by atoms with E-state index in [4.69, 9.17) is 4.74 Å². The highest BCUT2D eigenvalue weighted by atomic mass is 32.2. The summed E-state index contributed by atoms with van der Waals surface area (Å²) in [7, 11) is -1.97. The van der Waals surface area contributed by atoms with Crippen molar-refractivity contribution in [3.63, 3.8) is 0 Å². The van der Waals surface area contributed by atoms with Crippen LogP contribution < -0.4 is 0 Å². The average molecular weight is 473 g/mol. The highest BCUT2D eigenvalue weighted by molar-refractivity contribution is 7.89. The number of ketones is 1. The Bertz CT molecular complexity index is 1300. The molecule has 4 rings (SSSR count). The van der Waals surface area contributed by atoms with Gasteiger partial charge in [0, 0.05) is 48.5 Å². The van der Waals surface area contributed by atoms with Crippen molar-refractivity contribution in [1.82, 2.24) is 18.8 Å². The minimum Gasteiger partial charge on any atom is -0.454 e. The van der Waals surface area contributed by atoms with Gasteiger partial charge in [-0.1, -0.05) is 18.2 Å². The quantitative estimate of drug-likeness (QED) is 0.436. The number of fused-ring (bicyclic) bond motifs is 1. The topological polar surface area (TPSA) is 114 Å². The summed E-state index contributed by atoms with van der Waals surface area (Å²) in [5.74, 6) is -0.583. The number of aromatic nitrogens is 3. The van der Waals surface area contributed by atoms with Crippen LogP contribution in [0, 0.1) is 19.8 Å². The molecule has 1 saturated heterocycles. The summed E-state index contributed by atoms with van der Waals surface area (Å²) in [6.45, 7) is 5.52. The van der Waals surface area contributed by atoms with E-state index < -0.39 is 28.0 Å². The largest absolute Gasteiger partial charge is 0.454 e. The Morgan fingerprint density at radius 2 is 1.85 bits per heavy atom. The van der Waals surface area contributed by atoms with Gasteiger partial charge in [-0.3, -0.25) is 9.59 Å². The van der Waals surface area contributed by atoms with Gasteiger partial charge in [0.05, 0.1) is 5.92 Å². The fourth-order valence-corrected chi connectivity index (χ4v) is 5.73. The van der Waals surface area contributed by atoms with E-state index in [1.54, 1.807) is 25.5 Å². The van der Waals surface area contributed by atoms with Crippen LogP contribution in [0.5, 0.6) is 0 Å². The van der Waals surface area contributed by atoms with Gasteiger partial charge in [0.25, 0.3) is 10.0 Å². The van der Waals surface area contributed by atoms with Gasteiger partial charge in [-0.05, 0) is 39.7 Å². The van der Waals surface area contributed by atoms with Gasteiger partial charge in [0.1, 0.15) is 5.82 Å².